The Morgan fingerprint density at radius 2 is 2.17 bits per heavy atom. The molecule has 18 heavy (non-hydrogen) atoms. The highest BCUT2D eigenvalue weighted by molar-refractivity contribution is 5.91. The van der Waals surface area contributed by atoms with Gasteiger partial charge in [0.05, 0.1) is 5.60 Å². The maximum atomic E-state index is 13.3. The Balaban J connectivity index is 1.85. The highest BCUT2D eigenvalue weighted by Gasteiger charge is 2.34. The Hall–Kier alpha value is -1.68. The largest absolute Gasteiger partial charge is 0.388 e. The van der Waals surface area contributed by atoms with E-state index in [0.29, 0.717) is 5.56 Å². The summed E-state index contributed by atoms with van der Waals surface area (Å²) in [6.45, 7) is 0.257. The van der Waals surface area contributed by atoms with Gasteiger partial charge in [-0.3, -0.25) is 4.79 Å². The molecule has 0 bridgehead atoms. The fourth-order valence-corrected chi connectivity index (χ4v) is 1.85. The number of amides is 1. The number of hydrogen-bond acceptors (Lipinski definition) is 2. The normalized spacial score (nSPS) is 17.4. The minimum absolute atomic E-state index is 0.257. The molecular formula is C14H16FNO2. The van der Waals surface area contributed by atoms with Crippen LogP contribution < -0.4 is 5.32 Å². The van der Waals surface area contributed by atoms with Gasteiger partial charge < -0.3 is 10.4 Å². The van der Waals surface area contributed by atoms with E-state index in [9.17, 15) is 14.3 Å². The van der Waals surface area contributed by atoms with Crippen molar-refractivity contribution in [3.8, 4) is 0 Å². The van der Waals surface area contributed by atoms with Crippen LogP contribution in [-0.2, 0) is 4.79 Å². The minimum atomic E-state index is -0.735. The molecule has 4 heteroatoms. The van der Waals surface area contributed by atoms with Crippen LogP contribution >= 0.6 is 0 Å². The second-order valence-corrected chi connectivity index (χ2v) is 4.65. The van der Waals surface area contributed by atoms with E-state index >= 15 is 0 Å². The van der Waals surface area contributed by atoms with E-state index in [1.165, 1.54) is 18.2 Å². The Kier molecular flexibility index (Phi) is 3.77. The molecule has 0 radical (unpaired) electrons. The fourth-order valence-electron chi connectivity index (χ4n) is 1.85. The van der Waals surface area contributed by atoms with E-state index in [1.807, 2.05) is 0 Å². The molecule has 1 aromatic carbocycles. The summed E-state index contributed by atoms with van der Waals surface area (Å²) < 4.78 is 13.3. The van der Waals surface area contributed by atoms with Gasteiger partial charge in [-0.05, 0) is 31.4 Å². The molecule has 1 aliphatic carbocycles. The zero-order valence-electron chi connectivity index (χ0n) is 10.0. The average molecular weight is 249 g/mol. The molecule has 0 unspecified atom stereocenters. The van der Waals surface area contributed by atoms with Crippen LogP contribution in [0.25, 0.3) is 6.08 Å². The van der Waals surface area contributed by atoms with Gasteiger partial charge in [-0.1, -0.05) is 18.2 Å². The van der Waals surface area contributed by atoms with Crippen LogP contribution in [0.1, 0.15) is 24.8 Å². The summed E-state index contributed by atoms with van der Waals surface area (Å²) >= 11 is 0. The van der Waals surface area contributed by atoms with E-state index in [1.54, 1.807) is 18.2 Å². The average Bonchev–Trinajstić information content (AvgIpc) is 2.33. The summed E-state index contributed by atoms with van der Waals surface area (Å²) in [6.07, 6.45) is 5.15. The van der Waals surface area contributed by atoms with E-state index in [4.69, 9.17) is 0 Å². The van der Waals surface area contributed by atoms with Gasteiger partial charge in [0.25, 0.3) is 0 Å². The third kappa shape index (κ3) is 3.17. The van der Waals surface area contributed by atoms with Crippen LogP contribution in [-0.4, -0.2) is 23.2 Å². The molecule has 0 spiro atoms. The summed E-state index contributed by atoms with van der Waals surface area (Å²) in [6, 6.07) is 6.24. The number of hydrogen-bond donors (Lipinski definition) is 2. The van der Waals surface area contributed by atoms with E-state index in [0.717, 1.165) is 19.3 Å². The lowest BCUT2D eigenvalue weighted by Gasteiger charge is -2.36. The van der Waals surface area contributed by atoms with Crippen molar-refractivity contribution in [2.24, 2.45) is 0 Å². The van der Waals surface area contributed by atoms with Gasteiger partial charge in [-0.2, -0.15) is 0 Å². The molecule has 1 amide bonds. The summed E-state index contributed by atoms with van der Waals surface area (Å²) in [5.41, 5.74) is -0.364. The third-order valence-corrected chi connectivity index (χ3v) is 3.20. The predicted molar refractivity (Wildman–Crippen MR) is 67.2 cm³/mol. The van der Waals surface area contributed by atoms with Crippen molar-refractivity contribution in [1.82, 2.24) is 5.32 Å². The van der Waals surface area contributed by atoms with Crippen molar-refractivity contribution in [2.75, 3.05) is 6.54 Å². The Morgan fingerprint density at radius 3 is 2.78 bits per heavy atom. The Labute approximate surface area is 105 Å². The van der Waals surface area contributed by atoms with Crippen molar-refractivity contribution in [3.63, 3.8) is 0 Å². The predicted octanol–water partition coefficient (Wildman–Crippen LogP) is 1.87. The van der Waals surface area contributed by atoms with Crippen LogP contribution in [0.3, 0.4) is 0 Å². The van der Waals surface area contributed by atoms with Crippen LogP contribution in [0.4, 0.5) is 4.39 Å². The van der Waals surface area contributed by atoms with Gasteiger partial charge in [-0.25, -0.2) is 4.39 Å². The van der Waals surface area contributed by atoms with Crippen molar-refractivity contribution in [2.45, 2.75) is 24.9 Å². The molecule has 2 rings (SSSR count). The molecule has 0 saturated heterocycles. The minimum Gasteiger partial charge on any atom is -0.388 e. The first-order valence-electron chi connectivity index (χ1n) is 6.02. The van der Waals surface area contributed by atoms with Gasteiger partial charge >= 0.3 is 0 Å². The van der Waals surface area contributed by atoms with Crippen LogP contribution in [0.2, 0.25) is 0 Å². The summed E-state index contributed by atoms with van der Waals surface area (Å²) in [5, 5.41) is 12.4. The first kappa shape index (κ1) is 12.8. The second-order valence-electron chi connectivity index (χ2n) is 4.65. The SMILES string of the molecule is O=C(/C=C/c1ccccc1F)NCC1(O)CCC1. The van der Waals surface area contributed by atoms with Crippen molar-refractivity contribution in [3.05, 3.63) is 41.7 Å². The number of halogens is 1. The van der Waals surface area contributed by atoms with Crippen molar-refractivity contribution < 1.29 is 14.3 Å². The molecule has 96 valence electrons. The van der Waals surface area contributed by atoms with Crippen LogP contribution in [0.5, 0.6) is 0 Å². The van der Waals surface area contributed by atoms with Gasteiger partial charge in [0.2, 0.25) is 5.91 Å². The topological polar surface area (TPSA) is 49.3 Å². The number of carbonyl (C=O) groups excluding carboxylic acids is 1. The first-order chi connectivity index (χ1) is 8.59. The molecule has 2 N–H and O–H groups in total. The maximum absolute atomic E-state index is 13.3. The highest BCUT2D eigenvalue weighted by Crippen LogP contribution is 2.30. The summed E-state index contributed by atoms with van der Waals surface area (Å²) in [5.74, 6) is -0.683. The summed E-state index contributed by atoms with van der Waals surface area (Å²) in [4.78, 5) is 11.5. The van der Waals surface area contributed by atoms with Crippen LogP contribution in [0, 0.1) is 5.82 Å². The Morgan fingerprint density at radius 1 is 1.44 bits per heavy atom. The third-order valence-electron chi connectivity index (χ3n) is 3.20. The molecule has 1 aliphatic rings. The molecule has 0 heterocycles. The van der Waals surface area contributed by atoms with Crippen LogP contribution in [0.15, 0.2) is 30.3 Å². The van der Waals surface area contributed by atoms with E-state index in [2.05, 4.69) is 5.32 Å². The van der Waals surface area contributed by atoms with Gasteiger partial charge in [-0.15, -0.1) is 0 Å². The molecule has 0 atom stereocenters. The molecule has 0 aliphatic heterocycles. The van der Waals surface area contributed by atoms with E-state index < -0.39 is 5.60 Å². The molecule has 0 aromatic heterocycles. The zero-order chi connectivity index (χ0) is 13.0. The van der Waals surface area contributed by atoms with E-state index in [-0.39, 0.29) is 18.3 Å². The zero-order valence-corrected chi connectivity index (χ0v) is 10.0. The number of benzene rings is 1. The lowest BCUT2D eigenvalue weighted by molar-refractivity contribution is -0.118. The first-order valence-corrected chi connectivity index (χ1v) is 6.02. The lowest BCUT2D eigenvalue weighted by Crippen LogP contribution is -2.47. The molecule has 1 fully saturated rings. The van der Waals surface area contributed by atoms with Gasteiger partial charge in [0.15, 0.2) is 0 Å². The fraction of sp³-hybridized carbons (Fsp3) is 0.357. The molecule has 1 saturated carbocycles. The van der Waals surface area contributed by atoms with Crippen molar-refractivity contribution >= 4 is 12.0 Å². The highest BCUT2D eigenvalue weighted by atomic mass is 19.1. The Bertz CT molecular complexity index is 467. The lowest BCUT2D eigenvalue weighted by atomic mass is 9.80. The smallest absolute Gasteiger partial charge is 0.244 e. The molecule has 3 nitrogen and oxygen atoms in total. The quantitative estimate of drug-likeness (QED) is 0.800. The number of rotatable bonds is 4. The monoisotopic (exact) mass is 249 g/mol. The van der Waals surface area contributed by atoms with Crippen molar-refractivity contribution in [1.29, 1.82) is 0 Å². The molecule has 1 aromatic rings. The molecular weight excluding hydrogens is 233 g/mol. The summed E-state index contributed by atoms with van der Waals surface area (Å²) in [7, 11) is 0. The number of carbonyl (C=O) groups is 1. The maximum Gasteiger partial charge on any atom is 0.244 e. The number of aliphatic hydroxyl groups is 1. The van der Waals surface area contributed by atoms with Gasteiger partial charge in [0.1, 0.15) is 5.82 Å². The second kappa shape index (κ2) is 5.31. The number of nitrogens with one attached hydrogen (secondary N) is 1. The standard InChI is InChI=1S/C14H16FNO2/c15-12-5-2-1-4-11(12)6-7-13(17)16-10-14(18)8-3-9-14/h1-2,4-7,18H,3,8-10H2,(H,16,17)/b7-6+. The van der Waals surface area contributed by atoms with Gasteiger partial charge in [0, 0.05) is 18.2 Å².